The smallest absolute Gasteiger partial charge is 0.233 e. The molecular weight excluding hydrogens is 316 g/mol. The van der Waals surface area contributed by atoms with Crippen LogP contribution in [-0.4, -0.2) is 47.2 Å². The molecule has 0 aromatic carbocycles. The van der Waals surface area contributed by atoms with E-state index >= 15 is 0 Å². The molecule has 0 radical (unpaired) electrons. The van der Waals surface area contributed by atoms with Crippen molar-refractivity contribution in [3.05, 3.63) is 0 Å². The van der Waals surface area contributed by atoms with E-state index in [4.69, 9.17) is 0 Å². The van der Waals surface area contributed by atoms with Crippen LogP contribution in [0.3, 0.4) is 0 Å². The summed E-state index contributed by atoms with van der Waals surface area (Å²) in [6.45, 7) is 14.5. The van der Waals surface area contributed by atoms with Crippen LogP contribution in [-0.2, 0) is 14.4 Å². The van der Waals surface area contributed by atoms with Gasteiger partial charge in [-0.1, -0.05) is 41.5 Å². The summed E-state index contributed by atoms with van der Waals surface area (Å²) in [6.07, 6.45) is 2.58. The highest BCUT2D eigenvalue weighted by molar-refractivity contribution is 6.04. The van der Waals surface area contributed by atoms with Crippen LogP contribution in [0.4, 0.5) is 0 Å². The number of nitrogens with zero attached hydrogens (tertiary/aromatic N) is 2. The van der Waals surface area contributed by atoms with Gasteiger partial charge >= 0.3 is 0 Å². The Kier molecular flexibility index (Phi) is 5.65. The summed E-state index contributed by atoms with van der Waals surface area (Å²) in [5.41, 5.74) is 0.0613. The average Bonchev–Trinajstić information content (AvgIpc) is 2.79. The molecule has 0 saturated carbocycles. The molecule has 0 aromatic heterocycles. The van der Waals surface area contributed by atoms with E-state index in [1.165, 1.54) is 4.90 Å². The van der Waals surface area contributed by atoms with Gasteiger partial charge in [-0.25, -0.2) is 0 Å². The first kappa shape index (κ1) is 19.9. The van der Waals surface area contributed by atoms with Crippen molar-refractivity contribution >= 4 is 17.7 Å². The Morgan fingerprint density at radius 1 is 1.00 bits per heavy atom. The summed E-state index contributed by atoms with van der Waals surface area (Å²) in [7, 11) is 0. The number of hydrogen-bond acceptors (Lipinski definition) is 3. The molecule has 2 aliphatic heterocycles. The minimum atomic E-state index is -0.266. The summed E-state index contributed by atoms with van der Waals surface area (Å²) in [6, 6.07) is 0. The van der Waals surface area contributed by atoms with Gasteiger partial charge in [-0.3, -0.25) is 19.3 Å². The fourth-order valence-electron chi connectivity index (χ4n) is 3.96. The van der Waals surface area contributed by atoms with Crippen molar-refractivity contribution in [2.24, 2.45) is 22.7 Å². The molecule has 5 heteroatoms. The van der Waals surface area contributed by atoms with E-state index in [1.807, 2.05) is 25.7 Å². The highest BCUT2D eigenvalue weighted by Crippen LogP contribution is 2.36. The van der Waals surface area contributed by atoms with Gasteiger partial charge in [0, 0.05) is 32.5 Å². The van der Waals surface area contributed by atoms with Crippen LogP contribution in [0.5, 0.6) is 0 Å². The molecular formula is C20H34N2O3. The second kappa shape index (κ2) is 7.08. The summed E-state index contributed by atoms with van der Waals surface area (Å²) >= 11 is 0. The number of rotatable bonds is 3. The lowest BCUT2D eigenvalue weighted by atomic mass is 9.75. The van der Waals surface area contributed by atoms with E-state index < -0.39 is 0 Å². The van der Waals surface area contributed by atoms with Crippen LogP contribution >= 0.6 is 0 Å². The molecule has 2 heterocycles. The molecule has 2 fully saturated rings. The molecule has 2 aliphatic rings. The van der Waals surface area contributed by atoms with E-state index in [0.29, 0.717) is 5.92 Å². The lowest BCUT2D eigenvalue weighted by Crippen LogP contribution is -2.43. The molecule has 0 N–H and O–H groups in total. The predicted molar refractivity (Wildman–Crippen MR) is 97.7 cm³/mol. The molecule has 142 valence electrons. The molecule has 0 bridgehead atoms. The van der Waals surface area contributed by atoms with Gasteiger partial charge in [0.15, 0.2) is 0 Å². The van der Waals surface area contributed by atoms with Crippen LogP contribution < -0.4 is 0 Å². The standard InChI is InChI=1S/C20H34N2O3/c1-19(2,3)14-7-10-21(11-8-14)16(23)9-12-22-17(24)13-15(18(22)25)20(4,5)6/h14-15H,7-13H2,1-6H3. The maximum atomic E-state index is 12.5. The quantitative estimate of drug-likeness (QED) is 0.735. The van der Waals surface area contributed by atoms with Crippen LogP contribution in [0, 0.1) is 22.7 Å². The molecule has 0 aliphatic carbocycles. The third-order valence-corrected chi connectivity index (χ3v) is 5.91. The number of piperidine rings is 1. The fraction of sp³-hybridized carbons (Fsp3) is 0.850. The van der Waals surface area contributed by atoms with Crippen molar-refractivity contribution in [2.45, 2.75) is 67.2 Å². The van der Waals surface area contributed by atoms with Crippen molar-refractivity contribution in [1.29, 1.82) is 0 Å². The van der Waals surface area contributed by atoms with Crippen molar-refractivity contribution in [1.82, 2.24) is 9.80 Å². The Morgan fingerprint density at radius 3 is 2.00 bits per heavy atom. The lowest BCUT2D eigenvalue weighted by Gasteiger charge is -2.39. The first-order valence-electron chi connectivity index (χ1n) is 9.53. The maximum Gasteiger partial charge on any atom is 0.233 e. The zero-order chi connectivity index (χ0) is 19.0. The van der Waals surface area contributed by atoms with Gasteiger partial charge < -0.3 is 4.90 Å². The Balaban J connectivity index is 1.85. The summed E-state index contributed by atoms with van der Waals surface area (Å²) < 4.78 is 0. The Hall–Kier alpha value is -1.39. The largest absolute Gasteiger partial charge is 0.343 e. The summed E-state index contributed by atoms with van der Waals surface area (Å²) in [4.78, 5) is 40.3. The highest BCUT2D eigenvalue weighted by atomic mass is 16.2. The van der Waals surface area contributed by atoms with Crippen LogP contribution in [0.15, 0.2) is 0 Å². The monoisotopic (exact) mass is 350 g/mol. The topological polar surface area (TPSA) is 57.7 Å². The number of imide groups is 1. The van der Waals surface area contributed by atoms with Gasteiger partial charge in [-0.05, 0) is 29.6 Å². The molecule has 5 nitrogen and oxygen atoms in total. The minimum absolute atomic E-state index is 0.0622. The number of amides is 3. The van der Waals surface area contributed by atoms with Gasteiger partial charge in [0.2, 0.25) is 17.7 Å². The minimum Gasteiger partial charge on any atom is -0.343 e. The molecule has 1 unspecified atom stereocenters. The van der Waals surface area contributed by atoms with Crippen molar-refractivity contribution in [3.63, 3.8) is 0 Å². The third kappa shape index (κ3) is 4.62. The van der Waals surface area contributed by atoms with Crippen LogP contribution in [0.2, 0.25) is 0 Å². The predicted octanol–water partition coefficient (Wildman–Crippen LogP) is 3.08. The SMILES string of the molecule is CC(C)(C)C1CCN(C(=O)CCN2C(=O)CC(C(C)(C)C)C2=O)CC1. The van der Waals surface area contributed by atoms with E-state index in [0.717, 1.165) is 25.9 Å². The second-order valence-electron chi connectivity index (χ2n) is 9.78. The van der Waals surface area contributed by atoms with Gasteiger partial charge in [0.1, 0.15) is 0 Å². The Bertz CT molecular complexity index is 534. The first-order valence-corrected chi connectivity index (χ1v) is 9.53. The lowest BCUT2D eigenvalue weighted by molar-refractivity contribution is -0.141. The van der Waals surface area contributed by atoms with Crippen LogP contribution in [0.1, 0.15) is 67.2 Å². The van der Waals surface area contributed by atoms with Crippen molar-refractivity contribution in [2.75, 3.05) is 19.6 Å². The van der Waals surface area contributed by atoms with E-state index in [2.05, 4.69) is 20.8 Å². The number of hydrogen-bond donors (Lipinski definition) is 0. The molecule has 1 atom stereocenters. The zero-order valence-corrected chi connectivity index (χ0v) is 16.7. The average molecular weight is 351 g/mol. The molecule has 25 heavy (non-hydrogen) atoms. The summed E-state index contributed by atoms with van der Waals surface area (Å²) in [5.74, 6) is 0.191. The molecule has 0 spiro atoms. The van der Waals surface area contributed by atoms with Gasteiger partial charge in [0.05, 0.1) is 5.92 Å². The van der Waals surface area contributed by atoms with Gasteiger partial charge in [-0.15, -0.1) is 0 Å². The van der Waals surface area contributed by atoms with E-state index in [1.54, 1.807) is 0 Å². The Morgan fingerprint density at radius 2 is 1.56 bits per heavy atom. The molecule has 2 rings (SSSR count). The van der Waals surface area contributed by atoms with Gasteiger partial charge in [-0.2, -0.15) is 0 Å². The Labute approximate surface area is 152 Å². The third-order valence-electron chi connectivity index (χ3n) is 5.91. The highest BCUT2D eigenvalue weighted by Gasteiger charge is 2.44. The van der Waals surface area contributed by atoms with E-state index in [-0.39, 0.29) is 53.9 Å². The number of likely N-dealkylation sites (tertiary alicyclic amines) is 2. The van der Waals surface area contributed by atoms with E-state index in [9.17, 15) is 14.4 Å². The summed E-state index contributed by atoms with van der Waals surface area (Å²) in [5, 5.41) is 0. The maximum absolute atomic E-state index is 12.5. The van der Waals surface area contributed by atoms with Crippen molar-refractivity contribution < 1.29 is 14.4 Å². The van der Waals surface area contributed by atoms with Crippen molar-refractivity contribution in [3.8, 4) is 0 Å². The van der Waals surface area contributed by atoms with Crippen LogP contribution in [0.25, 0.3) is 0 Å². The molecule has 0 aromatic rings. The van der Waals surface area contributed by atoms with Gasteiger partial charge in [0.25, 0.3) is 0 Å². The second-order valence-corrected chi connectivity index (χ2v) is 9.78. The zero-order valence-electron chi connectivity index (χ0n) is 16.7. The fourth-order valence-corrected chi connectivity index (χ4v) is 3.96. The first-order chi connectivity index (χ1) is 11.4. The number of carbonyl (C=O) groups is 3. The normalized spacial score (nSPS) is 23.5. The molecule has 3 amide bonds. The number of carbonyl (C=O) groups excluding carboxylic acids is 3. The molecule has 2 saturated heterocycles.